The van der Waals surface area contributed by atoms with Crippen molar-refractivity contribution >= 4 is 0 Å². The van der Waals surface area contributed by atoms with Gasteiger partial charge in [0, 0.05) is 17.8 Å². The van der Waals surface area contributed by atoms with E-state index in [-0.39, 0.29) is 5.41 Å². The van der Waals surface area contributed by atoms with Crippen LogP contribution < -0.4 is 0 Å². The van der Waals surface area contributed by atoms with Gasteiger partial charge in [-0.15, -0.1) is 0 Å². The molecule has 2 heterocycles. The molecule has 82 valence electrons. The molecule has 2 rings (SSSR count). The van der Waals surface area contributed by atoms with E-state index >= 15 is 0 Å². The summed E-state index contributed by atoms with van der Waals surface area (Å²) in [5, 5.41) is 0. The second-order valence-electron chi connectivity index (χ2n) is 5.39. The van der Waals surface area contributed by atoms with Gasteiger partial charge in [0.1, 0.15) is 0 Å². The zero-order valence-corrected chi connectivity index (χ0v) is 9.79. The summed E-state index contributed by atoms with van der Waals surface area (Å²) in [5.74, 6) is 0.688. The summed E-state index contributed by atoms with van der Waals surface area (Å²) in [6, 6.07) is 4.35. The lowest BCUT2D eigenvalue weighted by molar-refractivity contribution is -0.0316. The number of hydrogen-bond acceptors (Lipinski definition) is 2. The van der Waals surface area contributed by atoms with E-state index in [9.17, 15) is 0 Å². The summed E-state index contributed by atoms with van der Waals surface area (Å²) in [6.07, 6.45) is 2.99. The second-order valence-corrected chi connectivity index (χ2v) is 5.39. The summed E-state index contributed by atoms with van der Waals surface area (Å²) in [5.41, 5.74) is 2.79. The largest absolute Gasteiger partial charge is 0.381 e. The summed E-state index contributed by atoms with van der Waals surface area (Å²) >= 11 is 0. The third-order valence-electron chi connectivity index (χ3n) is 2.89. The number of pyridine rings is 1. The monoisotopic (exact) mass is 205 g/mol. The van der Waals surface area contributed by atoms with Crippen LogP contribution in [0, 0.1) is 5.92 Å². The number of rotatable bonds is 2. The van der Waals surface area contributed by atoms with Gasteiger partial charge in [-0.1, -0.05) is 20.8 Å². The minimum atomic E-state index is 0.216. The molecular weight excluding hydrogens is 186 g/mol. The van der Waals surface area contributed by atoms with E-state index in [1.165, 1.54) is 11.3 Å². The molecule has 1 aliphatic rings. The fourth-order valence-electron chi connectivity index (χ4n) is 1.75. The fourth-order valence-corrected chi connectivity index (χ4v) is 1.75. The highest BCUT2D eigenvalue weighted by Gasteiger charge is 2.20. The van der Waals surface area contributed by atoms with Gasteiger partial charge in [-0.2, -0.15) is 0 Å². The van der Waals surface area contributed by atoms with E-state index < -0.39 is 0 Å². The Bertz CT molecular complexity index is 337. The minimum absolute atomic E-state index is 0.216. The molecule has 0 atom stereocenters. The topological polar surface area (TPSA) is 22.1 Å². The number of nitrogens with zero attached hydrogens (tertiary/aromatic N) is 1. The molecule has 2 heteroatoms. The maximum atomic E-state index is 5.18. The Morgan fingerprint density at radius 2 is 2.13 bits per heavy atom. The molecule has 1 aromatic heterocycles. The summed E-state index contributed by atoms with van der Waals surface area (Å²) in [7, 11) is 0. The van der Waals surface area contributed by atoms with Gasteiger partial charge in [0.15, 0.2) is 0 Å². The third-order valence-corrected chi connectivity index (χ3v) is 2.89. The molecule has 1 fully saturated rings. The Kier molecular flexibility index (Phi) is 2.79. The van der Waals surface area contributed by atoms with Crippen molar-refractivity contribution in [2.75, 3.05) is 13.2 Å². The molecule has 0 saturated carbocycles. The number of hydrogen-bond donors (Lipinski definition) is 0. The molecule has 1 saturated heterocycles. The standard InChI is InChI=1S/C13H19NO/c1-13(2,3)11-4-5-14-12(7-11)6-10-8-15-9-10/h4-5,7,10H,6,8-9H2,1-3H3. The maximum Gasteiger partial charge on any atom is 0.0520 e. The highest BCUT2D eigenvalue weighted by Crippen LogP contribution is 2.23. The second kappa shape index (κ2) is 3.93. The summed E-state index contributed by atoms with van der Waals surface area (Å²) < 4.78 is 5.18. The van der Waals surface area contributed by atoms with Crippen LogP contribution in [0.25, 0.3) is 0 Å². The molecule has 0 N–H and O–H groups in total. The summed E-state index contributed by atoms with van der Waals surface area (Å²) in [4.78, 5) is 4.42. The Labute approximate surface area is 91.7 Å². The third kappa shape index (κ3) is 2.57. The van der Waals surface area contributed by atoms with Crippen molar-refractivity contribution in [3.05, 3.63) is 29.6 Å². The smallest absolute Gasteiger partial charge is 0.0520 e. The molecular formula is C13H19NO. The van der Waals surface area contributed by atoms with Crippen LogP contribution >= 0.6 is 0 Å². The highest BCUT2D eigenvalue weighted by atomic mass is 16.5. The minimum Gasteiger partial charge on any atom is -0.381 e. The molecule has 0 bridgehead atoms. The van der Waals surface area contributed by atoms with Gasteiger partial charge in [0.2, 0.25) is 0 Å². The first-order valence-electron chi connectivity index (χ1n) is 5.59. The molecule has 0 unspecified atom stereocenters. The SMILES string of the molecule is CC(C)(C)c1ccnc(CC2COC2)c1. The Morgan fingerprint density at radius 3 is 2.67 bits per heavy atom. The van der Waals surface area contributed by atoms with Gasteiger partial charge >= 0.3 is 0 Å². The van der Waals surface area contributed by atoms with Gasteiger partial charge in [0.05, 0.1) is 13.2 Å². The predicted octanol–water partition coefficient (Wildman–Crippen LogP) is 2.57. The van der Waals surface area contributed by atoms with Crippen LogP contribution in [0.2, 0.25) is 0 Å². The Morgan fingerprint density at radius 1 is 1.40 bits per heavy atom. The van der Waals surface area contributed by atoms with Crippen LogP contribution in [0.4, 0.5) is 0 Å². The van der Waals surface area contributed by atoms with Crippen LogP contribution in [0.1, 0.15) is 32.0 Å². The molecule has 0 aromatic carbocycles. The van der Waals surface area contributed by atoms with Crippen molar-refractivity contribution in [3.63, 3.8) is 0 Å². The van der Waals surface area contributed by atoms with Gasteiger partial charge in [-0.05, 0) is 29.5 Å². The first kappa shape index (κ1) is 10.6. The van der Waals surface area contributed by atoms with Crippen molar-refractivity contribution in [2.24, 2.45) is 5.92 Å². The van der Waals surface area contributed by atoms with Crippen molar-refractivity contribution in [3.8, 4) is 0 Å². The number of aromatic nitrogens is 1. The molecule has 0 spiro atoms. The van der Waals surface area contributed by atoms with Crippen LogP contribution in [-0.4, -0.2) is 18.2 Å². The fraction of sp³-hybridized carbons (Fsp3) is 0.615. The quantitative estimate of drug-likeness (QED) is 0.740. The van der Waals surface area contributed by atoms with E-state index in [0.29, 0.717) is 5.92 Å². The molecule has 15 heavy (non-hydrogen) atoms. The van der Waals surface area contributed by atoms with Gasteiger partial charge in [-0.25, -0.2) is 0 Å². The summed E-state index contributed by atoms with van der Waals surface area (Å²) in [6.45, 7) is 8.51. The molecule has 2 nitrogen and oxygen atoms in total. The Balaban J connectivity index is 2.11. The van der Waals surface area contributed by atoms with E-state index in [1.807, 2.05) is 6.20 Å². The van der Waals surface area contributed by atoms with Crippen molar-refractivity contribution < 1.29 is 4.74 Å². The van der Waals surface area contributed by atoms with E-state index in [4.69, 9.17) is 4.74 Å². The normalized spacial score (nSPS) is 17.5. The van der Waals surface area contributed by atoms with Crippen LogP contribution in [0.5, 0.6) is 0 Å². The lowest BCUT2D eigenvalue weighted by Crippen LogP contribution is -2.29. The van der Waals surface area contributed by atoms with E-state index in [0.717, 1.165) is 19.6 Å². The van der Waals surface area contributed by atoms with Crippen molar-refractivity contribution in [1.82, 2.24) is 4.98 Å². The van der Waals surface area contributed by atoms with E-state index in [2.05, 4.69) is 37.9 Å². The lowest BCUT2D eigenvalue weighted by Gasteiger charge is -2.26. The maximum absolute atomic E-state index is 5.18. The highest BCUT2D eigenvalue weighted by molar-refractivity contribution is 5.23. The molecule has 1 aliphatic heterocycles. The average molecular weight is 205 g/mol. The first-order valence-corrected chi connectivity index (χ1v) is 5.59. The van der Waals surface area contributed by atoms with Crippen LogP contribution in [0.15, 0.2) is 18.3 Å². The molecule has 1 aromatic rings. The van der Waals surface area contributed by atoms with Gasteiger partial charge in [0.25, 0.3) is 0 Å². The predicted molar refractivity (Wildman–Crippen MR) is 61.0 cm³/mol. The lowest BCUT2D eigenvalue weighted by atomic mass is 9.86. The van der Waals surface area contributed by atoms with Gasteiger partial charge in [-0.3, -0.25) is 4.98 Å². The average Bonchev–Trinajstić information content (AvgIpc) is 2.11. The van der Waals surface area contributed by atoms with Crippen LogP contribution in [0.3, 0.4) is 0 Å². The molecule has 0 radical (unpaired) electrons. The first-order chi connectivity index (χ1) is 7.05. The zero-order chi connectivity index (χ0) is 10.9. The van der Waals surface area contributed by atoms with Crippen molar-refractivity contribution in [2.45, 2.75) is 32.6 Å². The Hall–Kier alpha value is -0.890. The van der Waals surface area contributed by atoms with Crippen LogP contribution in [-0.2, 0) is 16.6 Å². The zero-order valence-electron chi connectivity index (χ0n) is 9.79. The van der Waals surface area contributed by atoms with Gasteiger partial charge < -0.3 is 4.74 Å². The number of ether oxygens (including phenoxy) is 1. The molecule has 0 amide bonds. The molecule has 0 aliphatic carbocycles. The van der Waals surface area contributed by atoms with E-state index in [1.54, 1.807) is 0 Å². The van der Waals surface area contributed by atoms with Crippen molar-refractivity contribution in [1.29, 1.82) is 0 Å².